The first-order chi connectivity index (χ1) is 17.3. The maximum absolute atomic E-state index is 14.1. The minimum atomic E-state index is -0.876. The Bertz CT molecular complexity index is 1390. The molecule has 1 fully saturated rings. The fourth-order valence-corrected chi connectivity index (χ4v) is 4.33. The number of nitrogens with one attached hydrogen (secondary N) is 2. The number of carbonyl (C=O) groups is 4. The van der Waals surface area contributed by atoms with E-state index in [1.54, 1.807) is 36.4 Å². The Morgan fingerprint density at radius 1 is 0.944 bits per heavy atom. The molecule has 3 aromatic carbocycles. The van der Waals surface area contributed by atoms with Crippen LogP contribution in [0.1, 0.15) is 16.8 Å². The molecule has 5 rings (SSSR count). The van der Waals surface area contributed by atoms with Crippen molar-refractivity contribution in [1.82, 2.24) is 0 Å². The highest BCUT2D eigenvalue weighted by Crippen LogP contribution is 2.31. The van der Waals surface area contributed by atoms with Crippen LogP contribution in [0.2, 0.25) is 0 Å². The smallest absolute Gasteiger partial charge is 0.258 e. The average Bonchev–Trinajstić information content (AvgIpc) is 3.25. The molecule has 4 amide bonds. The molecule has 0 aromatic heterocycles. The summed E-state index contributed by atoms with van der Waals surface area (Å²) in [5, 5.41) is 5.44. The van der Waals surface area contributed by atoms with E-state index in [0.717, 1.165) is 11.0 Å². The van der Waals surface area contributed by atoms with Crippen molar-refractivity contribution in [2.24, 2.45) is 5.92 Å². The largest absolute Gasteiger partial charge is 0.326 e. The molecule has 10 heteroatoms. The van der Waals surface area contributed by atoms with Gasteiger partial charge in [-0.2, -0.15) is 0 Å². The van der Waals surface area contributed by atoms with Gasteiger partial charge in [-0.1, -0.05) is 12.1 Å². The van der Waals surface area contributed by atoms with E-state index in [0.29, 0.717) is 28.7 Å². The van der Waals surface area contributed by atoms with Gasteiger partial charge in [-0.05, 0) is 48.5 Å². The molecule has 182 valence electrons. The molecule has 0 aliphatic carbocycles. The number of nitrogens with zero attached hydrogens (tertiary/aromatic N) is 2. The fraction of sp³-hybridized carbons (Fsp3) is 0.154. The van der Waals surface area contributed by atoms with Crippen LogP contribution in [-0.2, 0) is 14.4 Å². The highest BCUT2D eigenvalue weighted by atomic mass is 19.1. The minimum Gasteiger partial charge on any atom is -0.326 e. The summed E-state index contributed by atoms with van der Waals surface area (Å²) in [6.45, 7) is -0.157. The van der Waals surface area contributed by atoms with E-state index >= 15 is 0 Å². The Kier molecular flexibility index (Phi) is 5.93. The number of fused-ring (bicyclic) bond motifs is 1. The number of amides is 4. The van der Waals surface area contributed by atoms with Gasteiger partial charge in [0.1, 0.15) is 18.2 Å². The number of anilines is 4. The monoisotopic (exact) mass is 490 g/mol. The lowest BCUT2D eigenvalue weighted by Gasteiger charge is -2.29. The van der Waals surface area contributed by atoms with Gasteiger partial charge in [0.05, 0.1) is 23.0 Å². The Morgan fingerprint density at radius 2 is 1.69 bits per heavy atom. The molecule has 2 N–H and O–H groups in total. The summed E-state index contributed by atoms with van der Waals surface area (Å²) >= 11 is 0. The summed E-state index contributed by atoms with van der Waals surface area (Å²) in [7, 11) is 0. The Morgan fingerprint density at radius 3 is 2.44 bits per heavy atom. The van der Waals surface area contributed by atoms with Gasteiger partial charge in [0.15, 0.2) is 0 Å². The van der Waals surface area contributed by atoms with Crippen LogP contribution >= 0.6 is 0 Å². The second-order valence-corrected chi connectivity index (χ2v) is 8.52. The zero-order chi connectivity index (χ0) is 25.4. The van der Waals surface area contributed by atoms with Gasteiger partial charge in [-0.3, -0.25) is 24.1 Å². The Hall–Kier alpha value is -4.60. The van der Waals surface area contributed by atoms with Crippen LogP contribution in [0.4, 0.5) is 31.5 Å². The molecular formula is C26H20F2N4O4. The predicted molar refractivity (Wildman–Crippen MR) is 129 cm³/mol. The lowest BCUT2D eigenvalue weighted by Crippen LogP contribution is -2.42. The first-order valence-corrected chi connectivity index (χ1v) is 11.2. The maximum Gasteiger partial charge on any atom is 0.258 e. The number of hydrogen-bond acceptors (Lipinski definition) is 4. The molecule has 8 nitrogen and oxygen atoms in total. The summed E-state index contributed by atoms with van der Waals surface area (Å²) in [4.78, 5) is 52.7. The van der Waals surface area contributed by atoms with Gasteiger partial charge in [0.2, 0.25) is 17.7 Å². The number of halogens is 2. The topological polar surface area (TPSA) is 98.8 Å². The minimum absolute atomic E-state index is 0.0414. The van der Waals surface area contributed by atoms with E-state index in [1.165, 1.54) is 23.1 Å². The van der Waals surface area contributed by atoms with Crippen molar-refractivity contribution >= 4 is 46.4 Å². The van der Waals surface area contributed by atoms with Gasteiger partial charge < -0.3 is 15.5 Å². The maximum atomic E-state index is 14.1. The van der Waals surface area contributed by atoms with Crippen molar-refractivity contribution in [2.45, 2.75) is 6.42 Å². The lowest BCUT2D eigenvalue weighted by atomic mass is 10.1. The zero-order valence-corrected chi connectivity index (χ0v) is 18.8. The summed E-state index contributed by atoms with van der Waals surface area (Å²) < 4.78 is 27.3. The quantitative estimate of drug-likeness (QED) is 0.584. The molecule has 2 heterocycles. The van der Waals surface area contributed by atoms with Crippen molar-refractivity contribution in [3.05, 3.63) is 83.9 Å². The highest BCUT2D eigenvalue weighted by Gasteiger charge is 2.36. The van der Waals surface area contributed by atoms with Gasteiger partial charge in [-0.15, -0.1) is 0 Å². The van der Waals surface area contributed by atoms with Crippen LogP contribution in [0.3, 0.4) is 0 Å². The van der Waals surface area contributed by atoms with Gasteiger partial charge >= 0.3 is 0 Å². The number of carbonyl (C=O) groups excluding carboxylic acids is 4. The molecule has 2 aliphatic rings. The number of rotatable bonds is 4. The van der Waals surface area contributed by atoms with E-state index in [4.69, 9.17) is 0 Å². The van der Waals surface area contributed by atoms with E-state index in [-0.39, 0.29) is 37.0 Å². The van der Waals surface area contributed by atoms with Crippen LogP contribution in [-0.4, -0.2) is 36.7 Å². The molecule has 1 saturated heterocycles. The second-order valence-electron chi connectivity index (χ2n) is 8.52. The number of benzene rings is 3. The van der Waals surface area contributed by atoms with Crippen molar-refractivity contribution in [3.63, 3.8) is 0 Å². The Labute approximate surface area is 204 Å². The van der Waals surface area contributed by atoms with Crippen LogP contribution in [0.5, 0.6) is 0 Å². The first-order valence-electron chi connectivity index (χ1n) is 11.2. The molecule has 3 aromatic rings. The third kappa shape index (κ3) is 4.40. The van der Waals surface area contributed by atoms with E-state index in [1.807, 2.05) is 0 Å². The summed E-state index contributed by atoms with van der Waals surface area (Å²) in [6, 6.07) is 16.1. The normalized spacial score (nSPS) is 17.0. The zero-order valence-electron chi connectivity index (χ0n) is 18.8. The van der Waals surface area contributed by atoms with Crippen molar-refractivity contribution in [1.29, 1.82) is 0 Å². The molecule has 0 spiro atoms. The van der Waals surface area contributed by atoms with E-state index in [9.17, 15) is 28.0 Å². The molecule has 2 aliphatic heterocycles. The molecule has 0 saturated carbocycles. The van der Waals surface area contributed by atoms with Crippen molar-refractivity contribution in [2.75, 3.05) is 33.5 Å². The van der Waals surface area contributed by atoms with Crippen LogP contribution < -0.4 is 20.4 Å². The summed E-state index contributed by atoms with van der Waals surface area (Å²) in [5.41, 5.74) is 1.80. The summed E-state index contributed by atoms with van der Waals surface area (Å²) in [6.07, 6.45) is -0.115. The van der Waals surface area contributed by atoms with Crippen molar-refractivity contribution in [3.8, 4) is 0 Å². The van der Waals surface area contributed by atoms with Crippen LogP contribution in [0, 0.1) is 17.6 Å². The summed E-state index contributed by atoms with van der Waals surface area (Å²) in [5.74, 6) is -3.90. The van der Waals surface area contributed by atoms with Crippen molar-refractivity contribution < 1.29 is 28.0 Å². The number of hydrogen-bond donors (Lipinski definition) is 2. The molecule has 36 heavy (non-hydrogen) atoms. The molecular weight excluding hydrogens is 470 g/mol. The van der Waals surface area contributed by atoms with E-state index in [2.05, 4.69) is 10.6 Å². The molecule has 1 atom stereocenters. The third-order valence-electron chi connectivity index (χ3n) is 6.11. The van der Waals surface area contributed by atoms with E-state index < -0.39 is 29.4 Å². The standard InChI is InChI=1S/C26H20F2N4O4/c27-17-7-10-21(19(28)12-17)31-13-16(11-24(31)34)25(35)29-18-8-5-15(6-9-18)26(36)32-14-23(33)30-20-3-1-2-4-22(20)32/h1-10,12,16H,11,13-14H2,(H,29,35)(H,30,33). The molecule has 1 unspecified atom stereocenters. The van der Waals surface area contributed by atoms with Crippen LogP contribution in [0.25, 0.3) is 0 Å². The molecule has 0 radical (unpaired) electrons. The van der Waals surface area contributed by atoms with Gasteiger partial charge in [0.25, 0.3) is 5.91 Å². The number of para-hydroxylation sites is 2. The van der Waals surface area contributed by atoms with Gasteiger partial charge in [0, 0.05) is 30.3 Å². The fourth-order valence-electron chi connectivity index (χ4n) is 4.33. The third-order valence-corrected chi connectivity index (χ3v) is 6.11. The average molecular weight is 490 g/mol. The highest BCUT2D eigenvalue weighted by molar-refractivity contribution is 6.15. The van der Waals surface area contributed by atoms with Crippen LogP contribution in [0.15, 0.2) is 66.7 Å². The second kappa shape index (κ2) is 9.21. The first kappa shape index (κ1) is 23.2. The van der Waals surface area contributed by atoms with Gasteiger partial charge in [-0.25, -0.2) is 8.78 Å². The lowest BCUT2D eigenvalue weighted by molar-refractivity contribution is -0.122. The predicted octanol–water partition coefficient (Wildman–Crippen LogP) is 3.56. The molecule has 0 bridgehead atoms. The SMILES string of the molecule is O=C1CN(C(=O)c2ccc(NC(=O)C3CC(=O)N(c4ccc(F)cc4F)C3)cc2)c2ccccc2N1. The Balaban J connectivity index is 1.25.